The lowest BCUT2D eigenvalue weighted by atomic mass is 10.1. The van der Waals surface area contributed by atoms with Gasteiger partial charge in [0.2, 0.25) is 0 Å². The average Bonchev–Trinajstić information content (AvgIpc) is 3.22. The van der Waals surface area contributed by atoms with Gasteiger partial charge in [-0.2, -0.15) is 0 Å². The minimum absolute atomic E-state index is 0.152. The lowest BCUT2D eigenvalue weighted by Gasteiger charge is -2.27. The van der Waals surface area contributed by atoms with Crippen LogP contribution in [0.1, 0.15) is 10.4 Å². The number of H-pyrrole nitrogens is 1. The number of aromatic amines is 1. The number of carbonyl (C=O) groups excluding carboxylic acids is 1. The Hall–Kier alpha value is -4.00. The third-order valence-electron chi connectivity index (χ3n) is 5.72. The predicted molar refractivity (Wildman–Crippen MR) is 129 cm³/mol. The standard InChI is InChI=1S/C25H25N5O2/c1-29(2)19-8-4-16(5-9-19)25(31)26-18-7-10-20-21(15-18)28-24(27-20)17-6-11-22-23(14-17)32-13-12-30(22)3/h4-11,14-15H,12-13H2,1-3H3,(H,26,31)(H,27,28). The number of rotatable bonds is 4. The Morgan fingerprint density at radius 3 is 2.69 bits per heavy atom. The molecule has 0 aliphatic carbocycles. The lowest BCUT2D eigenvalue weighted by Crippen LogP contribution is -2.28. The molecule has 3 aromatic carbocycles. The van der Waals surface area contributed by atoms with Crippen LogP contribution in [0.4, 0.5) is 17.1 Å². The Bertz CT molecular complexity index is 1290. The van der Waals surface area contributed by atoms with Gasteiger partial charge in [0.05, 0.1) is 23.3 Å². The maximum atomic E-state index is 12.7. The molecular weight excluding hydrogens is 402 g/mol. The van der Waals surface area contributed by atoms with Crippen molar-refractivity contribution in [2.45, 2.75) is 0 Å². The zero-order valence-electron chi connectivity index (χ0n) is 18.3. The highest BCUT2D eigenvalue weighted by Gasteiger charge is 2.17. The van der Waals surface area contributed by atoms with Gasteiger partial charge in [-0.3, -0.25) is 4.79 Å². The van der Waals surface area contributed by atoms with Crippen molar-refractivity contribution in [1.29, 1.82) is 0 Å². The fraction of sp³-hybridized carbons (Fsp3) is 0.200. The molecule has 0 fully saturated rings. The van der Waals surface area contributed by atoms with Crippen LogP contribution in [-0.4, -0.2) is 50.2 Å². The molecule has 0 bridgehead atoms. The van der Waals surface area contributed by atoms with Crippen molar-refractivity contribution in [2.24, 2.45) is 0 Å². The first-order valence-electron chi connectivity index (χ1n) is 10.5. The summed E-state index contributed by atoms with van der Waals surface area (Å²) in [5.41, 5.74) is 6.10. The smallest absolute Gasteiger partial charge is 0.255 e. The molecule has 162 valence electrons. The second-order valence-electron chi connectivity index (χ2n) is 8.17. The van der Waals surface area contributed by atoms with Crippen LogP contribution in [-0.2, 0) is 0 Å². The van der Waals surface area contributed by atoms with E-state index in [0.29, 0.717) is 17.9 Å². The van der Waals surface area contributed by atoms with E-state index in [2.05, 4.69) is 28.3 Å². The molecule has 7 heteroatoms. The minimum atomic E-state index is -0.152. The monoisotopic (exact) mass is 427 g/mol. The Balaban J connectivity index is 1.38. The van der Waals surface area contributed by atoms with Crippen LogP contribution < -0.4 is 19.9 Å². The van der Waals surface area contributed by atoms with Crippen molar-refractivity contribution in [1.82, 2.24) is 9.97 Å². The van der Waals surface area contributed by atoms with E-state index in [1.165, 1.54) is 0 Å². The van der Waals surface area contributed by atoms with E-state index < -0.39 is 0 Å². The van der Waals surface area contributed by atoms with Crippen LogP contribution >= 0.6 is 0 Å². The van der Waals surface area contributed by atoms with Gasteiger partial charge in [0, 0.05) is 43.6 Å². The van der Waals surface area contributed by atoms with Crippen LogP contribution in [0.15, 0.2) is 60.7 Å². The molecule has 2 N–H and O–H groups in total. The van der Waals surface area contributed by atoms with Gasteiger partial charge in [0.15, 0.2) is 0 Å². The molecule has 1 aliphatic rings. The van der Waals surface area contributed by atoms with Crippen molar-refractivity contribution in [3.8, 4) is 17.1 Å². The van der Waals surface area contributed by atoms with Gasteiger partial charge in [0.1, 0.15) is 18.2 Å². The first-order chi connectivity index (χ1) is 15.5. The van der Waals surface area contributed by atoms with Gasteiger partial charge < -0.3 is 24.8 Å². The summed E-state index contributed by atoms with van der Waals surface area (Å²) >= 11 is 0. The molecule has 1 amide bonds. The SMILES string of the molecule is CN(C)c1ccc(C(=O)Nc2ccc3[nH]c(-c4ccc5c(c4)OCCN5C)nc3c2)cc1. The molecule has 4 aromatic rings. The second kappa shape index (κ2) is 7.92. The molecule has 1 aliphatic heterocycles. The summed E-state index contributed by atoms with van der Waals surface area (Å²) in [6.45, 7) is 1.55. The summed E-state index contributed by atoms with van der Waals surface area (Å²) in [7, 11) is 6.00. The first kappa shape index (κ1) is 19.9. The fourth-order valence-corrected chi connectivity index (χ4v) is 3.84. The number of likely N-dealkylation sites (N-methyl/N-ethyl adjacent to an activating group) is 1. The normalized spacial score (nSPS) is 12.9. The number of fused-ring (bicyclic) bond motifs is 2. The molecule has 0 saturated carbocycles. The highest BCUT2D eigenvalue weighted by molar-refractivity contribution is 6.05. The van der Waals surface area contributed by atoms with Crippen LogP contribution in [0.3, 0.4) is 0 Å². The first-order valence-corrected chi connectivity index (χ1v) is 10.5. The van der Waals surface area contributed by atoms with Gasteiger partial charge in [0.25, 0.3) is 5.91 Å². The third kappa shape index (κ3) is 3.73. The van der Waals surface area contributed by atoms with Crippen molar-refractivity contribution in [3.05, 3.63) is 66.2 Å². The largest absolute Gasteiger partial charge is 0.490 e. The van der Waals surface area contributed by atoms with E-state index in [9.17, 15) is 4.79 Å². The van der Waals surface area contributed by atoms with Gasteiger partial charge in [-0.1, -0.05) is 0 Å². The van der Waals surface area contributed by atoms with Crippen LogP contribution in [0.25, 0.3) is 22.4 Å². The molecule has 0 unspecified atom stereocenters. The van der Waals surface area contributed by atoms with Crippen molar-refractivity contribution >= 4 is 34.0 Å². The second-order valence-corrected chi connectivity index (χ2v) is 8.17. The van der Waals surface area contributed by atoms with E-state index in [1.54, 1.807) is 0 Å². The fourth-order valence-electron chi connectivity index (χ4n) is 3.84. The molecule has 5 rings (SSSR count). The summed E-state index contributed by atoms with van der Waals surface area (Å²) in [5.74, 6) is 1.48. The maximum Gasteiger partial charge on any atom is 0.255 e. The molecule has 32 heavy (non-hydrogen) atoms. The quantitative estimate of drug-likeness (QED) is 0.506. The summed E-state index contributed by atoms with van der Waals surface area (Å²) in [5, 5.41) is 2.96. The lowest BCUT2D eigenvalue weighted by molar-refractivity contribution is 0.102. The van der Waals surface area contributed by atoms with Gasteiger partial charge in [-0.05, 0) is 60.7 Å². The number of nitrogens with one attached hydrogen (secondary N) is 2. The molecular formula is C25H25N5O2. The number of carbonyl (C=O) groups is 1. The van der Waals surface area contributed by atoms with Gasteiger partial charge >= 0.3 is 0 Å². The zero-order valence-corrected chi connectivity index (χ0v) is 18.3. The molecule has 0 spiro atoms. The Kier molecular flexibility index (Phi) is 4.93. The predicted octanol–water partition coefficient (Wildman–Crippen LogP) is 4.38. The summed E-state index contributed by atoms with van der Waals surface area (Å²) in [6, 6.07) is 19.3. The van der Waals surface area contributed by atoms with E-state index >= 15 is 0 Å². The van der Waals surface area contributed by atoms with Crippen LogP contribution in [0, 0.1) is 0 Å². The Labute approximate surface area is 186 Å². The molecule has 2 heterocycles. The van der Waals surface area contributed by atoms with Crippen LogP contribution in [0.2, 0.25) is 0 Å². The van der Waals surface area contributed by atoms with Gasteiger partial charge in [-0.25, -0.2) is 4.98 Å². The number of amides is 1. The molecule has 0 radical (unpaired) electrons. The maximum absolute atomic E-state index is 12.7. The average molecular weight is 428 g/mol. The number of imidazole rings is 1. The van der Waals surface area contributed by atoms with Crippen LogP contribution in [0.5, 0.6) is 5.75 Å². The summed E-state index contributed by atoms with van der Waals surface area (Å²) < 4.78 is 5.82. The zero-order chi connectivity index (χ0) is 22.2. The van der Waals surface area contributed by atoms with Crippen molar-refractivity contribution < 1.29 is 9.53 Å². The highest BCUT2D eigenvalue weighted by atomic mass is 16.5. The topological polar surface area (TPSA) is 73.5 Å². The van der Waals surface area contributed by atoms with Crippen molar-refractivity contribution in [3.63, 3.8) is 0 Å². The molecule has 0 atom stereocenters. The Morgan fingerprint density at radius 2 is 1.91 bits per heavy atom. The van der Waals surface area contributed by atoms with Crippen molar-refractivity contribution in [2.75, 3.05) is 49.4 Å². The summed E-state index contributed by atoms with van der Waals surface area (Å²) in [6.07, 6.45) is 0. The minimum Gasteiger partial charge on any atom is -0.490 e. The number of benzene rings is 3. The molecule has 1 aromatic heterocycles. The number of anilines is 3. The number of hydrogen-bond donors (Lipinski definition) is 2. The third-order valence-corrected chi connectivity index (χ3v) is 5.72. The Morgan fingerprint density at radius 1 is 1.09 bits per heavy atom. The number of nitrogens with zero attached hydrogens (tertiary/aromatic N) is 3. The van der Waals surface area contributed by atoms with E-state index in [4.69, 9.17) is 9.72 Å². The number of hydrogen-bond acceptors (Lipinski definition) is 5. The molecule has 0 saturated heterocycles. The van der Waals surface area contributed by atoms with E-state index in [0.717, 1.165) is 46.1 Å². The molecule has 7 nitrogen and oxygen atoms in total. The van der Waals surface area contributed by atoms with E-state index in [-0.39, 0.29) is 5.91 Å². The number of ether oxygens (including phenoxy) is 1. The van der Waals surface area contributed by atoms with E-state index in [1.807, 2.05) is 73.6 Å². The summed E-state index contributed by atoms with van der Waals surface area (Å²) in [4.78, 5) is 24.9. The highest BCUT2D eigenvalue weighted by Crippen LogP contribution is 2.34. The van der Waals surface area contributed by atoms with Gasteiger partial charge in [-0.15, -0.1) is 0 Å². The number of aromatic nitrogens is 2.